The maximum atomic E-state index is 10.3. The van der Waals surface area contributed by atoms with Gasteiger partial charge in [-0.2, -0.15) is 5.26 Å². The first-order valence-electron chi connectivity index (χ1n) is 2.86. The molecule has 1 heterocycles. The van der Waals surface area contributed by atoms with Crippen LogP contribution in [0.4, 0.5) is 5.82 Å². The molecule has 6 heteroatoms. The molecule has 0 saturated heterocycles. The van der Waals surface area contributed by atoms with Gasteiger partial charge >= 0.3 is 5.82 Å². The van der Waals surface area contributed by atoms with E-state index in [1.165, 1.54) is 12.3 Å². The van der Waals surface area contributed by atoms with Crippen LogP contribution in [-0.4, -0.2) is 9.91 Å². The molecule has 0 aliphatic carbocycles. The van der Waals surface area contributed by atoms with Gasteiger partial charge in [-0.3, -0.25) is 0 Å². The Labute approximate surface area is 75.9 Å². The zero-order valence-electron chi connectivity index (χ0n) is 5.69. The predicted molar refractivity (Wildman–Crippen MR) is 43.3 cm³/mol. The van der Waals surface area contributed by atoms with Crippen LogP contribution < -0.4 is 0 Å². The van der Waals surface area contributed by atoms with E-state index in [0.29, 0.717) is 0 Å². The standard InChI is InChI=1S/C6H2BrN3O2/c7-5-4(3-8)1-2-9-6(5)10(11)12/h1-2H. The molecule has 0 aromatic carbocycles. The molecule has 1 rings (SSSR count). The first-order valence-corrected chi connectivity index (χ1v) is 3.65. The zero-order chi connectivity index (χ0) is 9.14. The van der Waals surface area contributed by atoms with Crippen molar-refractivity contribution in [2.24, 2.45) is 0 Å². The van der Waals surface area contributed by atoms with Crippen LogP contribution in [-0.2, 0) is 0 Å². The Kier molecular flexibility index (Phi) is 2.35. The first kappa shape index (κ1) is 8.62. The van der Waals surface area contributed by atoms with Gasteiger partial charge in [0.2, 0.25) is 0 Å². The number of hydrogen-bond donors (Lipinski definition) is 0. The quantitative estimate of drug-likeness (QED) is 0.540. The van der Waals surface area contributed by atoms with Gasteiger partial charge in [-0.1, -0.05) is 0 Å². The Morgan fingerprint density at radius 1 is 1.75 bits per heavy atom. The van der Waals surface area contributed by atoms with E-state index in [4.69, 9.17) is 5.26 Å². The van der Waals surface area contributed by atoms with Crippen molar-refractivity contribution in [3.8, 4) is 6.07 Å². The lowest BCUT2D eigenvalue weighted by atomic mass is 10.3. The summed E-state index contributed by atoms with van der Waals surface area (Å²) in [6.07, 6.45) is 1.22. The third kappa shape index (κ3) is 1.40. The van der Waals surface area contributed by atoms with Crippen molar-refractivity contribution in [2.75, 3.05) is 0 Å². The summed E-state index contributed by atoms with van der Waals surface area (Å²) in [5, 5.41) is 18.8. The molecule has 0 saturated carbocycles. The first-order chi connectivity index (χ1) is 5.66. The summed E-state index contributed by atoms with van der Waals surface area (Å²) in [6.45, 7) is 0. The van der Waals surface area contributed by atoms with E-state index in [1.807, 2.05) is 0 Å². The van der Waals surface area contributed by atoms with Crippen molar-refractivity contribution in [2.45, 2.75) is 0 Å². The number of aromatic nitrogens is 1. The Morgan fingerprint density at radius 2 is 2.42 bits per heavy atom. The van der Waals surface area contributed by atoms with Crippen LogP contribution >= 0.6 is 15.9 Å². The van der Waals surface area contributed by atoms with Gasteiger partial charge in [0, 0.05) is 6.07 Å². The van der Waals surface area contributed by atoms with E-state index in [-0.39, 0.29) is 15.9 Å². The summed E-state index contributed by atoms with van der Waals surface area (Å²) in [5.74, 6) is -0.339. The zero-order valence-corrected chi connectivity index (χ0v) is 7.28. The second-order valence-corrected chi connectivity index (χ2v) is 2.66. The van der Waals surface area contributed by atoms with Gasteiger partial charge in [-0.15, -0.1) is 0 Å². The highest BCUT2D eigenvalue weighted by Crippen LogP contribution is 2.24. The minimum atomic E-state index is -0.648. The van der Waals surface area contributed by atoms with Gasteiger partial charge in [-0.05, 0) is 25.8 Å². The number of halogens is 1. The van der Waals surface area contributed by atoms with Crippen molar-refractivity contribution >= 4 is 21.7 Å². The van der Waals surface area contributed by atoms with E-state index in [1.54, 1.807) is 6.07 Å². The highest BCUT2D eigenvalue weighted by atomic mass is 79.9. The van der Waals surface area contributed by atoms with Crippen molar-refractivity contribution in [1.29, 1.82) is 5.26 Å². The molecule has 0 aliphatic heterocycles. The molecule has 5 nitrogen and oxygen atoms in total. The Bertz CT molecular complexity index is 372. The minimum absolute atomic E-state index is 0.123. The lowest BCUT2D eigenvalue weighted by molar-refractivity contribution is -0.390. The molecule has 1 aromatic rings. The molecule has 60 valence electrons. The lowest BCUT2D eigenvalue weighted by Gasteiger charge is -1.94. The molecule has 0 radical (unpaired) electrons. The Hall–Kier alpha value is -1.48. The van der Waals surface area contributed by atoms with E-state index in [9.17, 15) is 10.1 Å². The van der Waals surface area contributed by atoms with Crippen LogP contribution in [0, 0.1) is 21.4 Å². The molecule has 1 aromatic heterocycles. The maximum Gasteiger partial charge on any atom is 0.379 e. The average Bonchev–Trinajstić information content (AvgIpc) is 2.04. The predicted octanol–water partition coefficient (Wildman–Crippen LogP) is 1.62. The fourth-order valence-corrected chi connectivity index (χ4v) is 1.11. The molecule has 0 bridgehead atoms. The van der Waals surface area contributed by atoms with Gasteiger partial charge in [0.25, 0.3) is 0 Å². The Morgan fingerprint density at radius 3 is 2.92 bits per heavy atom. The maximum absolute atomic E-state index is 10.3. The van der Waals surface area contributed by atoms with Crippen LogP contribution in [0.3, 0.4) is 0 Å². The highest BCUT2D eigenvalue weighted by molar-refractivity contribution is 9.10. The van der Waals surface area contributed by atoms with Crippen molar-refractivity contribution in [1.82, 2.24) is 4.98 Å². The van der Waals surface area contributed by atoms with Gasteiger partial charge in [-0.25, -0.2) is 0 Å². The molecule has 0 atom stereocenters. The number of nitriles is 1. The molecule has 0 aliphatic rings. The van der Waals surface area contributed by atoms with Gasteiger partial charge in [0.15, 0.2) is 0 Å². The summed E-state index contributed by atoms with van der Waals surface area (Å²) in [7, 11) is 0. The average molecular weight is 228 g/mol. The molecule has 0 fully saturated rings. The van der Waals surface area contributed by atoms with E-state index < -0.39 is 4.92 Å². The number of pyridine rings is 1. The SMILES string of the molecule is N#Cc1ccnc([N+](=O)[O-])c1Br. The third-order valence-corrected chi connectivity index (χ3v) is 1.95. The van der Waals surface area contributed by atoms with Crippen molar-refractivity contribution in [3.05, 3.63) is 32.4 Å². The number of rotatable bonds is 1. The monoisotopic (exact) mass is 227 g/mol. The summed E-state index contributed by atoms with van der Waals surface area (Å²) >= 11 is 2.92. The van der Waals surface area contributed by atoms with Crippen molar-refractivity contribution < 1.29 is 4.92 Å². The minimum Gasteiger partial charge on any atom is -0.358 e. The molecule has 0 unspecified atom stereocenters. The van der Waals surface area contributed by atoms with Crippen LogP contribution in [0.15, 0.2) is 16.7 Å². The lowest BCUT2D eigenvalue weighted by Crippen LogP contribution is -1.94. The summed E-state index contributed by atoms with van der Waals surface area (Å²) in [4.78, 5) is 13.1. The number of nitro groups is 1. The van der Waals surface area contributed by atoms with Crippen LogP contribution in [0.2, 0.25) is 0 Å². The third-order valence-electron chi connectivity index (χ3n) is 1.16. The molecule has 12 heavy (non-hydrogen) atoms. The largest absolute Gasteiger partial charge is 0.379 e. The molecule has 0 N–H and O–H groups in total. The van der Waals surface area contributed by atoms with E-state index >= 15 is 0 Å². The summed E-state index contributed by atoms with van der Waals surface area (Å²) in [5.41, 5.74) is 0.205. The van der Waals surface area contributed by atoms with E-state index in [2.05, 4.69) is 20.9 Å². The normalized spacial score (nSPS) is 9.00. The fourth-order valence-electron chi connectivity index (χ4n) is 0.646. The molecule has 0 spiro atoms. The highest BCUT2D eigenvalue weighted by Gasteiger charge is 2.15. The smallest absolute Gasteiger partial charge is 0.358 e. The summed E-state index contributed by atoms with van der Waals surface area (Å²) in [6, 6.07) is 3.20. The molecular weight excluding hydrogens is 226 g/mol. The number of hydrogen-bond acceptors (Lipinski definition) is 4. The second kappa shape index (κ2) is 3.28. The van der Waals surface area contributed by atoms with Crippen LogP contribution in [0.5, 0.6) is 0 Å². The summed E-state index contributed by atoms with van der Waals surface area (Å²) < 4.78 is 0.123. The topological polar surface area (TPSA) is 79.8 Å². The fraction of sp³-hybridized carbons (Fsp3) is 0. The van der Waals surface area contributed by atoms with Gasteiger partial charge in [0.1, 0.15) is 16.7 Å². The van der Waals surface area contributed by atoms with E-state index in [0.717, 1.165) is 0 Å². The van der Waals surface area contributed by atoms with Crippen LogP contribution in [0.1, 0.15) is 5.56 Å². The second-order valence-electron chi connectivity index (χ2n) is 1.87. The number of nitrogens with zero attached hydrogens (tertiary/aromatic N) is 3. The van der Waals surface area contributed by atoms with Gasteiger partial charge in [0.05, 0.1) is 5.56 Å². The van der Waals surface area contributed by atoms with Crippen LogP contribution in [0.25, 0.3) is 0 Å². The van der Waals surface area contributed by atoms with Gasteiger partial charge < -0.3 is 10.1 Å². The molecule has 0 amide bonds. The van der Waals surface area contributed by atoms with Crippen molar-refractivity contribution in [3.63, 3.8) is 0 Å². The molecular formula is C6H2BrN3O2. The Balaban J connectivity index is 3.35.